The fourth-order valence-electron chi connectivity index (χ4n) is 1.53. The molecule has 0 saturated carbocycles. The van der Waals surface area contributed by atoms with Crippen molar-refractivity contribution in [1.82, 2.24) is 18.9 Å². The summed E-state index contributed by atoms with van der Waals surface area (Å²) < 4.78 is 3.48. The number of hydrogen-bond donors (Lipinski definition) is 0. The lowest BCUT2D eigenvalue weighted by Gasteiger charge is -1.99. The Hall–Kier alpha value is -1.95. The SMILES string of the molecule is O=c1ncccn1Cc1cn2ccsc2n1. The van der Waals surface area contributed by atoms with Gasteiger partial charge >= 0.3 is 5.69 Å². The van der Waals surface area contributed by atoms with Crippen LogP contribution >= 0.6 is 11.3 Å². The zero-order valence-corrected chi connectivity index (χ0v) is 9.09. The Kier molecular flexibility index (Phi) is 2.07. The van der Waals surface area contributed by atoms with Crippen molar-refractivity contribution in [2.24, 2.45) is 0 Å². The van der Waals surface area contributed by atoms with E-state index in [-0.39, 0.29) is 5.69 Å². The van der Waals surface area contributed by atoms with Crippen molar-refractivity contribution in [3.63, 3.8) is 0 Å². The van der Waals surface area contributed by atoms with Gasteiger partial charge in [-0.3, -0.25) is 8.97 Å². The fraction of sp³-hybridized carbons (Fsp3) is 0.100. The summed E-state index contributed by atoms with van der Waals surface area (Å²) in [6.07, 6.45) is 7.07. The predicted octanol–water partition coefficient (Wildman–Crippen LogP) is 1.00. The van der Waals surface area contributed by atoms with E-state index in [2.05, 4.69) is 9.97 Å². The van der Waals surface area contributed by atoms with Gasteiger partial charge in [-0.2, -0.15) is 0 Å². The summed E-state index contributed by atoms with van der Waals surface area (Å²) in [5, 5.41) is 1.97. The van der Waals surface area contributed by atoms with Gasteiger partial charge in [-0.05, 0) is 6.07 Å². The molecule has 0 amide bonds. The van der Waals surface area contributed by atoms with Gasteiger partial charge in [-0.25, -0.2) is 14.8 Å². The number of aromatic nitrogens is 4. The van der Waals surface area contributed by atoms with Crippen molar-refractivity contribution in [3.8, 4) is 0 Å². The minimum absolute atomic E-state index is 0.251. The first-order valence-corrected chi connectivity index (χ1v) is 5.63. The van der Waals surface area contributed by atoms with Crippen molar-refractivity contribution in [2.45, 2.75) is 6.54 Å². The lowest BCUT2D eigenvalue weighted by atomic mass is 10.4. The number of imidazole rings is 1. The summed E-state index contributed by atoms with van der Waals surface area (Å²) in [4.78, 5) is 20.4. The zero-order valence-electron chi connectivity index (χ0n) is 8.28. The Bertz CT molecular complexity index is 653. The lowest BCUT2D eigenvalue weighted by Crippen LogP contribution is -2.21. The molecule has 0 saturated heterocycles. The van der Waals surface area contributed by atoms with Crippen LogP contribution in [-0.2, 0) is 6.54 Å². The molecule has 3 rings (SSSR count). The highest BCUT2D eigenvalue weighted by molar-refractivity contribution is 7.15. The van der Waals surface area contributed by atoms with Gasteiger partial charge in [-0.1, -0.05) is 0 Å². The largest absolute Gasteiger partial charge is 0.347 e. The maximum atomic E-state index is 11.4. The molecule has 6 heteroatoms. The Morgan fingerprint density at radius 3 is 3.12 bits per heavy atom. The van der Waals surface area contributed by atoms with E-state index in [9.17, 15) is 4.79 Å². The molecule has 16 heavy (non-hydrogen) atoms. The van der Waals surface area contributed by atoms with Crippen LogP contribution < -0.4 is 5.69 Å². The van der Waals surface area contributed by atoms with E-state index in [1.807, 2.05) is 22.2 Å². The molecule has 3 heterocycles. The number of hydrogen-bond acceptors (Lipinski definition) is 4. The summed E-state index contributed by atoms with van der Waals surface area (Å²) in [7, 11) is 0. The van der Waals surface area contributed by atoms with E-state index in [0.717, 1.165) is 10.7 Å². The molecule has 0 fully saturated rings. The minimum Gasteiger partial charge on any atom is -0.297 e. The van der Waals surface area contributed by atoms with Gasteiger partial charge in [-0.15, -0.1) is 11.3 Å². The summed E-state index contributed by atoms with van der Waals surface area (Å²) >= 11 is 1.57. The molecule has 5 nitrogen and oxygen atoms in total. The molecule has 0 bridgehead atoms. The monoisotopic (exact) mass is 232 g/mol. The molecule has 0 unspecified atom stereocenters. The quantitative estimate of drug-likeness (QED) is 0.662. The van der Waals surface area contributed by atoms with Crippen LogP contribution in [0.25, 0.3) is 4.96 Å². The average Bonchev–Trinajstić information content (AvgIpc) is 2.81. The van der Waals surface area contributed by atoms with Crippen LogP contribution in [0.15, 0.2) is 41.0 Å². The first-order chi connectivity index (χ1) is 7.83. The van der Waals surface area contributed by atoms with Crippen LogP contribution in [-0.4, -0.2) is 18.9 Å². The van der Waals surface area contributed by atoms with E-state index in [1.54, 1.807) is 23.6 Å². The highest BCUT2D eigenvalue weighted by Gasteiger charge is 2.03. The molecule has 0 N–H and O–H groups in total. The second-order valence-corrected chi connectivity index (χ2v) is 4.23. The normalized spacial score (nSPS) is 11.0. The van der Waals surface area contributed by atoms with Crippen LogP contribution in [0.5, 0.6) is 0 Å². The van der Waals surface area contributed by atoms with Gasteiger partial charge in [0.05, 0.1) is 12.2 Å². The second-order valence-electron chi connectivity index (χ2n) is 3.36. The molecular weight excluding hydrogens is 224 g/mol. The Balaban J connectivity index is 1.98. The van der Waals surface area contributed by atoms with Gasteiger partial charge in [0.2, 0.25) is 0 Å². The summed E-state index contributed by atoms with van der Waals surface area (Å²) in [6, 6.07) is 1.74. The maximum Gasteiger partial charge on any atom is 0.347 e. The first-order valence-electron chi connectivity index (χ1n) is 4.75. The van der Waals surface area contributed by atoms with Crippen LogP contribution in [0.1, 0.15) is 5.69 Å². The molecule has 0 aliphatic rings. The molecule has 0 spiro atoms. The van der Waals surface area contributed by atoms with Crippen LogP contribution in [0.2, 0.25) is 0 Å². The molecule has 0 aliphatic carbocycles. The van der Waals surface area contributed by atoms with Crippen molar-refractivity contribution in [1.29, 1.82) is 0 Å². The highest BCUT2D eigenvalue weighted by atomic mass is 32.1. The zero-order chi connectivity index (χ0) is 11.0. The van der Waals surface area contributed by atoms with Gasteiger partial charge in [0.25, 0.3) is 0 Å². The standard InChI is InChI=1S/C10H8N4OS/c15-9-11-2-1-3-13(9)6-8-7-14-4-5-16-10(14)12-8/h1-5,7H,6H2. The molecule has 0 aliphatic heterocycles. The van der Waals surface area contributed by atoms with Crippen molar-refractivity contribution in [2.75, 3.05) is 0 Å². The average molecular weight is 232 g/mol. The molecule has 0 radical (unpaired) electrons. The number of thiazole rings is 1. The lowest BCUT2D eigenvalue weighted by molar-refractivity contribution is 0.714. The predicted molar refractivity (Wildman–Crippen MR) is 60.7 cm³/mol. The third kappa shape index (κ3) is 1.53. The van der Waals surface area contributed by atoms with E-state index < -0.39 is 0 Å². The van der Waals surface area contributed by atoms with Crippen LogP contribution in [0.4, 0.5) is 0 Å². The number of nitrogens with zero attached hydrogens (tertiary/aromatic N) is 4. The van der Waals surface area contributed by atoms with E-state index in [4.69, 9.17) is 0 Å². The van der Waals surface area contributed by atoms with Crippen LogP contribution in [0.3, 0.4) is 0 Å². The van der Waals surface area contributed by atoms with Gasteiger partial charge in [0, 0.05) is 30.2 Å². The van der Waals surface area contributed by atoms with Crippen LogP contribution in [0, 0.1) is 0 Å². The smallest absolute Gasteiger partial charge is 0.297 e. The molecule has 0 aromatic carbocycles. The molecule has 0 atom stereocenters. The Morgan fingerprint density at radius 2 is 2.31 bits per heavy atom. The molecule has 80 valence electrons. The van der Waals surface area contributed by atoms with Gasteiger partial charge in [0.1, 0.15) is 0 Å². The van der Waals surface area contributed by atoms with Crippen molar-refractivity contribution >= 4 is 16.3 Å². The first kappa shape index (κ1) is 9.29. The van der Waals surface area contributed by atoms with E-state index >= 15 is 0 Å². The van der Waals surface area contributed by atoms with E-state index in [0.29, 0.717) is 6.54 Å². The summed E-state index contributed by atoms with van der Waals surface area (Å²) in [5.74, 6) is 0. The van der Waals surface area contributed by atoms with Gasteiger partial charge in [0.15, 0.2) is 4.96 Å². The Morgan fingerprint density at radius 1 is 1.38 bits per heavy atom. The number of fused-ring (bicyclic) bond motifs is 1. The summed E-state index contributed by atoms with van der Waals surface area (Å²) in [5.41, 5.74) is 0.612. The molecular formula is C10H8N4OS. The second kappa shape index (κ2) is 3.57. The molecule has 3 aromatic heterocycles. The summed E-state index contributed by atoms with van der Waals surface area (Å²) in [6.45, 7) is 0.459. The maximum absolute atomic E-state index is 11.4. The van der Waals surface area contributed by atoms with Gasteiger partial charge < -0.3 is 0 Å². The molecule has 3 aromatic rings. The van der Waals surface area contributed by atoms with Crippen molar-refractivity contribution < 1.29 is 0 Å². The highest BCUT2D eigenvalue weighted by Crippen LogP contribution is 2.11. The number of rotatable bonds is 2. The fourth-order valence-corrected chi connectivity index (χ4v) is 2.25. The third-order valence-electron chi connectivity index (χ3n) is 2.26. The Labute approximate surface area is 94.6 Å². The minimum atomic E-state index is -0.251. The van der Waals surface area contributed by atoms with Crippen molar-refractivity contribution in [3.05, 3.63) is 52.4 Å². The third-order valence-corrected chi connectivity index (χ3v) is 3.03. The topological polar surface area (TPSA) is 52.2 Å². The van der Waals surface area contributed by atoms with E-state index in [1.165, 1.54) is 10.8 Å².